The number of amides is 2. The van der Waals surface area contributed by atoms with E-state index in [0.717, 1.165) is 12.1 Å². The van der Waals surface area contributed by atoms with Gasteiger partial charge < -0.3 is 24.5 Å². The largest absolute Gasteiger partial charge is 0.464 e. The van der Waals surface area contributed by atoms with Gasteiger partial charge in [-0.2, -0.15) is 0 Å². The van der Waals surface area contributed by atoms with Gasteiger partial charge in [0, 0.05) is 12.0 Å². The number of carbonyl (C=O) groups excluding carboxylic acids is 4. The molecule has 174 valence electrons. The molecule has 10 heteroatoms. The highest BCUT2D eigenvalue weighted by Gasteiger charge is 2.36. The molecule has 0 aliphatic carbocycles. The van der Waals surface area contributed by atoms with Crippen LogP contribution >= 0.6 is 0 Å². The summed E-state index contributed by atoms with van der Waals surface area (Å²) in [5.74, 6) is -1.33. The molecule has 1 atom stereocenters. The average molecular weight is 458 g/mol. The maximum Gasteiger partial charge on any atom is 0.338 e. The summed E-state index contributed by atoms with van der Waals surface area (Å²) in [6.07, 6.45) is -0.373. The van der Waals surface area contributed by atoms with Gasteiger partial charge in [-0.3, -0.25) is 9.59 Å². The van der Waals surface area contributed by atoms with E-state index < -0.39 is 36.4 Å². The molecule has 0 bridgehead atoms. The number of rotatable bonds is 9. The molecule has 0 fully saturated rings. The Hall–Kier alpha value is -3.95. The molecule has 1 aromatic carbocycles. The van der Waals surface area contributed by atoms with Crippen molar-refractivity contribution in [1.82, 2.24) is 10.6 Å². The fourth-order valence-corrected chi connectivity index (χ4v) is 3.22. The first-order valence-electron chi connectivity index (χ1n) is 10.3. The second-order valence-corrected chi connectivity index (χ2v) is 7.18. The number of Topliss-reactive ketones (excluding diaryl/α,β-unsaturated/α-hetero) is 1. The van der Waals surface area contributed by atoms with Crippen molar-refractivity contribution < 1.29 is 37.5 Å². The molecule has 1 aliphatic heterocycles. The van der Waals surface area contributed by atoms with Crippen LogP contribution in [0.4, 0.5) is 9.18 Å². The van der Waals surface area contributed by atoms with E-state index in [1.54, 1.807) is 26.0 Å². The van der Waals surface area contributed by atoms with E-state index in [9.17, 15) is 23.6 Å². The average Bonchev–Trinajstić information content (AvgIpc) is 3.22. The second-order valence-electron chi connectivity index (χ2n) is 7.18. The van der Waals surface area contributed by atoms with E-state index in [1.165, 1.54) is 12.1 Å². The summed E-state index contributed by atoms with van der Waals surface area (Å²) in [4.78, 5) is 49.1. The third kappa shape index (κ3) is 6.06. The van der Waals surface area contributed by atoms with Gasteiger partial charge in [-0.15, -0.1) is 0 Å². The van der Waals surface area contributed by atoms with Crippen molar-refractivity contribution in [2.75, 3.05) is 13.2 Å². The van der Waals surface area contributed by atoms with Crippen molar-refractivity contribution in [3.8, 4) is 0 Å². The lowest BCUT2D eigenvalue weighted by atomic mass is 10.0. The monoisotopic (exact) mass is 458 g/mol. The minimum atomic E-state index is -0.930. The zero-order valence-electron chi connectivity index (χ0n) is 18.1. The van der Waals surface area contributed by atoms with Gasteiger partial charge in [0.15, 0.2) is 5.78 Å². The van der Waals surface area contributed by atoms with E-state index >= 15 is 0 Å². The molecule has 3 rings (SSSR count). The van der Waals surface area contributed by atoms with Crippen LogP contribution in [0.2, 0.25) is 0 Å². The second kappa shape index (κ2) is 10.6. The molecule has 0 saturated heterocycles. The predicted molar refractivity (Wildman–Crippen MR) is 112 cm³/mol. The quantitative estimate of drug-likeness (QED) is 0.437. The van der Waals surface area contributed by atoms with Gasteiger partial charge >= 0.3 is 18.0 Å². The molecule has 2 aromatic rings. The number of furan rings is 1. The lowest BCUT2D eigenvalue weighted by Gasteiger charge is -2.27. The minimum absolute atomic E-state index is 0.0426. The highest BCUT2D eigenvalue weighted by Crippen LogP contribution is 2.29. The summed E-state index contributed by atoms with van der Waals surface area (Å²) >= 11 is 0. The highest BCUT2D eigenvalue weighted by atomic mass is 19.1. The lowest BCUT2D eigenvalue weighted by molar-refractivity contribution is -0.143. The van der Waals surface area contributed by atoms with E-state index in [2.05, 4.69) is 10.6 Å². The van der Waals surface area contributed by atoms with E-state index in [4.69, 9.17) is 13.9 Å². The Labute approximate surface area is 188 Å². The first-order chi connectivity index (χ1) is 15.8. The maximum absolute atomic E-state index is 13.0. The predicted octanol–water partition coefficient (Wildman–Crippen LogP) is 3.10. The summed E-state index contributed by atoms with van der Waals surface area (Å²) in [5.41, 5.74) is 0.370. The number of esters is 2. The fraction of sp³-hybridized carbons (Fsp3) is 0.304. The van der Waals surface area contributed by atoms with Crippen LogP contribution in [0.3, 0.4) is 0 Å². The standard InChI is InChI=1S/C23H23FN2O7/c1-3-31-22(29)20-16(25-23(30)26-21(20)18-10-4-13(2)33-18)12-32-19(28)11-9-17(27)14-5-7-15(24)8-6-14/h4-8,10,21H,3,9,11-12H2,1-2H3,(H2,25,26,30)/t21-/m1/s1. The van der Waals surface area contributed by atoms with Crippen molar-refractivity contribution in [3.05, 3.63) is 70.6 Å². The van der Waals surface area contributed by atoms with Crippen LogP contribution < -0.4 is 10.6 Å². The number of ketones is 1. The number of urea groups is 1. The van der Waals surface area contributed by atoms with Crippen LogP contribution in [0.15, 0.2) is 52.1 Å². The van der Waals surface area contributed by atoms with Crippen molar-refractivity contribution in [3.63, 3.8) is 0 Å². The Morgan fingerprint density at radius 1 is 1.06 bits per heavy atom. The first-order valence-corrected chi connectivity index (χ1v) is 10.3. The fourth-order valence-electron chi connectivity index (χ4n) is 3.22. The van der Waals surface area contributed by atoms with Crippen molar-refractivity contribution in [2.45, 2.75) is 32.7 Å². The molecule has 0 saturated carbocycles. The SMILES string of the molecule is CCOC(=O)C1=C(COC(=O)CCC(=O)c2ccc(F)cc2)NC(=O)N[C@@H]1c1ccc(C)o1. The summed E-state index contributed by atoms with van der Waals surface area (Å²) in [5, 5.41) is 5.07. The normalized spacial score (nSPS) is 15.5. The number of halogens is 1. The maximum atomic E-state index is 13.0. The molecular formula is C23H23FN2O7. The summed E-state index contributed by atoms with van der Waals surface area (Å²) in [6, 6.07) is 6.75. The summed E-state index contributed by atoms with van der Waals surface area (Å²) < 4.78 is 28.8. The van der Waals surface area contributed by atoms with Gasteiger partial charge in [0.05, 0.1) is 24.3 Å². The van der Waals surface area contributed by atoms with Crippen molar-refractivity contribution >= 4 is 23.8 Å². The van der Waals surface area contributed by atoms with Gasteiger partial charge in [-0.1, -0.05) is 0 Å². The third-order valence-corrected chi connectivity index (χ3v) is 4.79. The molecule has 33 heavy (non-hydrogen) atoms. The number of benzene rings is 1. The van der Waals surface area contributed by atoms with Crippen LogP contribution in [0, 0.1) is 12.7 Å². The lowest BCUT2D eigenvalue weighted by Crippen LogP contribution is -2.47. The zero-order chi connectivity index (χ0) is 24.0. The topological polar surface area (TPSA) is 124 Å². The van der Waals surface area contributed by atoms with Gasteiger partial charge in [0.1, 0.15) is 30.0 Å². The van der Waals surface area contributed by atoms with Crippen molar-refractivity contribution in [2.24, 2.45) is 0 Å². The number of hydrogen-bond acceptors (Lipinski definition) is 7. The van der Waals surface area contributed by atoms with Crippen molar-refractivity contribution in [1.29, 1.82) is 0 Å². The Kier molecular flexibility index (Phi) is 7.60. The highest BCUT2D eigenvalue weighted by molar-refractivity contribution is 5.97. The summed E-state index contributed by atoms with van der Waals surface area (Å²) in [6.45, 7) is 3.04. The van der Waals surface area contributed by atoms with Crippen LogP contribution in [0.5, 0.6) is 0 Å². The van der Waals surface area contributed by atoms with Gasteiger partial charge in [0.2, 0.25) is 0 Å². The molecule has 9 nitrogen and oxygen atoms in total. The van der Waals surface area contributed by atoms with Crippen LogP contribution in [-0.2, 0) is 19.1 Å². The Morgan fingerprint density at radius 3 is 2.42 bits per heavy atom. The Bertz CT molecular complexity index is 1090. The van der Waals surface area contributed by atoms with Crippen LogP contribution in [-0.4, -0.2) is 37.0 Å². The van der Waals surface area contributed by atoms with Gasteiger partial charge in [-0.05, 0) is 50.2 Å². The van der Waals surface area contributed by atoms with Gasteiger partial charge in [0.25, 0.3) is 0 Å². The van der Waals surface area contributed by atoms with Crippen LogP contribution in [0.25, 0.3) is 0 Å². The Balaban J connectivity index is 1.70. The molecule has 1 aromatic heterocycles. The Morgan fingerprint density at radius 2 is 1.79 bits per heavy atom. The molecule has 2 amide bonds. The van der Waals surface area contributed by atoms with Gasteiger partial charge in [-0.25, -0.2) is 14.0 Å². The number of ether oxygens (including phenoxy) is 2. The molecule has 0 unspecified atom stereocenters. The summed E-state index contributed by atoms with van der Waals surface area (Å²) in [7, 11) is 0. The molecule has 2 N–H and O–H groups in total. The van der Waals surface area contributed by atoms with E-state index in [-0.39, 0.29) is 42.1 Å². The third-order valence-electron chi connectivity index (χ3n) is 4.79. The number of carbonyl (C=O) groups is 4. The molecular weight excluding hydrogens is 435 g/mol. The van der Waals surface area contributed by atoms with E-state index in [0.29, 0.717) is 11.5 Å². The zero-order valence-corrected chi connectivity index (χ0v) is 18.1. The number of nitrogens with one attached hydrogen (secondary N) is 2. The molecule has 2 heterocycles. The number of aryl methyl sites for hydroxylation is 1. The molecule has 0 spiro atoms. The minimum Gasteiger partial charge on any atom is -0.464 e. The number of hydrogen-bond donors (Lipinski definition) is 2. The van der Waals surface area contributed by atoms with Crippen LogP contribution in [0.1, 0.15) is 47.7 Å². The van der Waals surface area contributed by atoms with E-state index in [1.807, 2.05) is 0 Å². The molecule has 0 radical (unpaired) electrons. The first kappa shape index (κ1) is 23.7. The smallest absolute Gasteiger partial charge is 0.338 e. The molecule has 1 aliphatic rings.